The van der Waals surface area contributed by atoms with Gasteiger partial charge in [0.25, 0.3) is 0 Å². The van der Waals surface area contributed by atoms with Gasteiger partial charge in [-0.05, 0) is 69.7 Å². The molecule has 0 aliphatic carbocycles. The molecule has 1 rings (SSSR count). The Bertz CT molecular complexity index is 425. The third-order valence-corrected chi connectivity index (χ3v) is 4.42. The van der Waals surface area contributed by atoms with Gasteiger partial charge in [-0.15, -0.1) is 11.6 Å². The molecule has 0 aromatic carbocycles. The highest BCUT2D eigenvalue weighted by Gasteiger charge is 2.46. The number of hydrogen-bond acceptors (Lipinski definition) is 2. The summed E-state index contributed by atoms with van der Waals surface area (Å²) in [6.45, 7) is 10.8. The molecule has 0 spiro atoms. The Morgan fingerprint density at radius 3 is 2.52 bits per heavy atom. The minimum atomic E-state index is -0.216. The molecule has 0 N–H and O–H groups in total. The summed E-state index contributed by atoms with van der Waals surface area (Å²) < 4.78 is 5.59. The number of allylic oxidation sites excluding steroid dienone is 2. The van der Waals surface area contributed by atoms with E-state index in [-0.39, 0.29) is 15.6 Å². The zero-order chi connectivity index (χ0) is 16.0. The highest BCUT2D eigenvalue weighted by atomic mass is 35.5. The molecule has 0 radical (unpaired) electrons. The molecule has 0 amide bonds. The van der Waals surface area contributed by atoms with Crippen molar-refractivity contribution in [1.29, 1.82) is 0 Å². The van der Waals surface area contributed by atoms with Gasteiger partial charge < -0.3 is 4.74 Å². The zero-order valence-corrected chi connectivity index (χ0v) is 15.2. The average molecular weight is 353 g/mol. The molecule has 1 heterocycles. The first-order valence-electron chi connectivity index (χ1n) is 7.23. The molecule has 0 unspecified atom stereocenters. The smallest absolute Gasteiger partial charge is 0.192 e. The summed E-state index contributed by atoms with van der Waals surface area (Å²) in [5.74, 6) is 0. The van der Waals surface area contributed by atoms with E-state index in [1.807, 2.05) is 0 Å². The minimum Gasteiger partial charge on any atom is -0.367 e. The Labute approximate surface area is 143 Å². The van der Waals surface area contributed by atoms with Crippen molar-refractivity contribution in [3.05, 3.63) is 23.8 Å². The summed E-state index contributed by atoms with van der Waals surface area (Å²) in [5.41, 5.74) is 2.44. The van der Waals surface area contributed by atoms with Gasteiger partial charge in [-0.3, -0.25) is 4.99 Å². The van der Waals surface area contributed by atoms with E-state index in [1.54, 1.807) is 0 Å². The van der Waals surface area contributed by atoms with E-state index in [0.717, 1.165) is 31.3 Å². The van der Waals surface area contributed by atoms with Crippen LogP contribution in [0, 0.1) is 0 Å². The lowest BCUT2D eigenvalue weighted by Gasteiger charge is -2.09. The summed E-state index contributed by atoms with van der Waals surface area (Å²) in [7, 11) is 0. The summed E-state index contributed by atoms with van der Waals surface area (Å²) >= 11 is 17.1. The van der Waals surface area contributed by atoms with Crippen LogP contribution in [0.2, 0.25) is 0 Å². The average Bonchev–Trinajstić information content (AvgIpc) is 3.01. The molecular weight excluding hydrogens is 329 g/mol. The van der Waals surface area contributed by atoms with Crippen molar-refractivity contribution < 1.29 is 4.74 Å². The van der Waals surface area contributed by atoms with Gasteiger partial charge >= 0.3 is 0 Å². The van der Waals surface area contributed by atoms with E-state index in [1.165, 1.54) is 5.57 Å². The maximum absolute atomic E-state index is 6.17. The van der Waals surface area contributed by atoms with Crippen LogP contribution in [0.3, 0.4) is 0 Å². The van der Waals surface area contributed by atoms with Crippen LogP contribution in [0.4, 0.5) is 0 Å². The molecule has 2 atom stereocenters. The molecule has 5 heteroatoms. The molecule has 2 nitrogen and oxygen atoms in total. The van der Waals surface area contributed by atoms with Crippen molar-refractivity contribution in [2.24, 2.45) is 4.99 Å². The molecule has 0 bridgehead atoms. The number of hydrogen-bond donors (Lipinski definition) is 0. The summed E-state index contributed by atoms with van der Waals surface area (Å²) in [6, 6.07) is 0. The number of ether oxygens (including phenoxy) is 1. The standard InChI is InChI=1S/C16H24Cl3NO/c1-11(8-9-14-16(3,4)21-14)6-5-7-12(2)13(17)10-20-15(18)19/h6,13-14H,2,5,7-10H2,1,3-4H3/b11-6+/t13-,14+/m1/s1. The maximum Gasteiger partial charge on any atom is 0.192 e. The third kappa shape index (κ3) is 7.69. The number of alkyl halides is 1. The predicted octanol–water partition coefficient (Wildman–Crippen LogP) is 5.67. The van der Waals surface area contributed by atoms with E-state index in [2.05, 4.69) is 38.4 Å². The van der Waals surface area contributed by atoms with Crippen molar-refractivity contribution in [1.82, 2.24) is 0 Å². The second-order valence-electron chi connectivity index (χ2n) is 6.04. The molecule has 120 valence electrons. The van der Waals surface area contributed by atoms with Crippen LogP contribution in [0.15, 0.2) is 28.8 Å². The first kappa shape index (κ1) is 19.0. The molecule has 1 aliphatic rings. The van der Waals surface area contributed by atoms with Gasteiger partial charge in [0.15, 0.2) is 4.63 Å². The van der Waals surface area contributed by atoms with E-state index in [9.17, 15) is 0 Å². The van der Waals surface area contributed by atoms with Crippen molar-refractivity contribution in [2.75, 3.05) is 6.54 Å². The van der Waals surface area contributed by atoms with Gasteiger partial charge in [0.1, 0.15) is 0 Å². The van der Waals surface area contributed by atoms with Crippen LogP contribution in [0.1, 0.15) is 46.5 Å². The summed E-state index contributed by atoms with van der Waals surface area (Å²) in [5, 5.41) is -0.216. The van der Waals surface area contributed by atoms with Gasteiger partial charge in [0.2, 0.25) is 0 Å². The Morgan fingerprint density at radius 1 is 1.38 bits per heavy atom. The van der Waals surface area contributed by atoms with Gasteiger partial charge in [-0.2, -0.15) is 0 Å². The monoisotopic (exact) mass is 351 g/mol. The van der Waals surface area contributed by atoms with Gasteiger partial charge in [-0.25, -0.2) is 0 Å². The quantitative estimate of drug-likeness (QED) is 0.227. The van der Waals surface area contributed by atoms with Gasteiger partial charge in [0, 0.05) is 0 Å². The second kappa shape index (κ2) is 8.57. The second-order valence-corrected chi connectivity index (χ2v) is 7.48. The lowest BCUT2D eigenvalue weighted by Crippen LogP contribution is -2.07. The molecule has 0 aromatic rings. The fourth-order valence-electron chi connectivity index (χ4n) is 2.14. The molecule has 1 fully saturated rings. The molecule has 0 aromatic heterocycles. The van der Waals surface area contributed by atoms with E-state index < -0.39 is 0 Å². The van der Waals surface area contributed by atoms with Crippen LogP contribution in [0.25, 0.3) is 0 Å². The van der Waals surface area contributed by atoms with E-state index in [4.69, 9.17) is 39.5 Å². The van der Waals surface area contributed by atoms with Crippen LogP contribution < -0.4 is 0 Å². The first-order valence-corrected chi connectivity index (χ1v) is 8.42. The van der Waals surface area contributed by atoms with Crippen molar-refractivity contribution >= 4 is 39.4 Å². The number of epoxide rings is 1. The molecule has 21 heavy (non-hydrogen) atoms. The van der Waals surface area contributed by atoms with E-state index in [0.29, 0.717) is 12.6 Å². The highest BCUT2D eigenvalue weighted by molar-refractivity contribution is 6.95. The Kier molecular flexibility index (Phi) is 7.77. The number of nitrogens with zero attached hydrogens (tertiary/aromatic N) is 1. The molecular formula is C16H24Cl3NO. The fourth-order valence-corrected chi connectivity index (χ4v) is 2.45. The van der Waals surface area contributed by atoms with E-state index >= 15 is 0 Å². The van der Waals surface area contributed by atoms with Gasteiger partial charge in [-0.1, -0.05) is 23.8 Å². The number of aliphatic imine (C=N–C) groups is 1. The largest absolute Gasteiger partial charge is 0.367 e. The van der Waals surface area contributed by atoms with Crippen molar-refractivity contribution in [3.63, 3.8) is 0 Å². The maximum atomic E-state index is 6.17. The summed E-state index contributed by atoms with van der Waals surface area (Å²) in [4.78, 5) is 3.88. The first-order chi connectivity index (χ1) is 9.72. The van der Waals surface area contributed by atoms with Crippen LogP contribution in [-0.2, 0) is 4.74 Å². The lowest BCUT2D eigenvalue weighted by atomic mass is 10.0. The van der Waals surface area contributed by atoms with Crippen molar-refractivity contribution in [2.45, 2.75) is 63.5 Å². The lowest BCUT2D eigenvalue weighted by molar-refractivity contribution is 0.320. The zero-order valence-electron chi connectivity index (χ0n) is 13.0. The fraction of sp³-hybridized carbons (Fsp3) is 0.688. The molecule has 0 saturated carbocycles. The highest BCUT2D eigenvalue weighted by Crippen LogP contribution is 2.38. The van der Waals surface area contributed by atoms with Crippen LogP contribution >= 0.6 is 34.8 Å². The normalized spacial score (nSPS) is 21.8. The Morgan fingerprint density at radius 2 is 2.00 bits per heavy atom. The number of halogens is 3. The minimum absolute atomic E-state index is 0.00871. The van der Waals surface area contributed by atoms with Crippen molar-refractivity contribution in [3.8, 4) is 0 Å². The third-order valence-electron chi connectivity index (χ3n) is 3.74. The molecule has 1 saturated heterocycles. The van der Waals surface area contributed by atoms with Crippen LogP contribution in [-0.4, -0.2) is 28.3 Å². The Balaban J connectivity index is 2.20. The topological polar surface area (TPSA) is 24.9 Å². The SMILES string of the molecule is C=C(CC/C=C(\C)CC[C@@H]1OC1(C)C)[C@H](Cl)CN=C(Cl)Cl. The van der Waals surface area contributed by atoms with Gasteiger partial charge in [0.05, 0.1) is 23.6 Å². The number of rotatable bonds is 9. The summed E-state index contributed by atoms with van der Waals surface area (Å²) in [6.07, 6.45) is 6.64. The predicted molar refractivity (Wildman–Crippen MR) is 94.0 cm³/mol. The van der Waals surface area contributed by atoms with Crippen LogP contribution in [0.5, 0.6) is 0 Å². The molecule has 1 aliphatic heterocycles. The Hall–Kier alpha value is -0.0200.